The molecule has 10 nitrogen and oxygen atoms in total. The third-order valence-corrected chi connectivity index (χ3v) is 9.32. The molecule has 1 aliphatic carbocycles. The van der Waals surface area contributed by atoms with E-state index < -0.39 is 27.9 Å². The number of benzene rings is 2. The molecule has 0 saturated heterocycles. The molecule has 41 heavy (non-hydrogen) atoms. The molecule has 2 aromatic carbocycles. The number of rotatable bonds is 11. The Bertz CT molecular complexity index is 1690. The average Bonchev–Trinajstić information content (AvgIpc) is 3.69. The van der Waals surface area contributed by atoms with E-state index in [0.29, 0.717) is 17.0 Å². The van der Waals surface area contributed by atoms with Crippen LogP contribution in [0.25, 0.3) is 20.9 Å². The first-order valence-electron chi connectivity index (χ1n) is 12.9. The van der Waals surface area contributed by atoms with Crippen LogP contribution in [-0.4, -0.2) is 62.5 Å². The van der Waals surface area contributed by atoms with Crippen LogP contribution in [0.15, 0.2) is 59.6 Å². The molecule has 2 heterocycles. The molecule has 0 aliphatic heterocycles. The zero-order valence-corrected chi connectivity index (χ0v) is 25.0. The first-order chi connectivity index (χ1) is 19.2. The number of aromatic nitrogens is 1. The van der Waals surface area contributed by atoms with Crippen molar-refractivity contribution in [3.05, 3.63) is 59.6 Å². The van der Waals surface area contributed by atoms with Gasteiger partial charge in [-0.2, -0.15) is 4.72 Å². The Labute approximate surface area is 248 Å². The lowest BCUT2D eigenvalue weighted by atomic mass is 10.1. The summed E-state index contributed by atoms with van der Waals surface area (Å²) in [7, 11) is -2.60. The number of nitrogens with two attached hydrogens (primary N) is 1. The topological polar surface area (TPSA) is 141 Å². The predicted octanol–water partition coefficient (Wildman–Crippen LogP) is 3.91. The van der Waals surface area contributed by atoms with Crippen molar-refractivity contribution >= 4 is 72.3 Å². The number of nitrogens with zero attached hydrogens (tertiary/aromatic N) is 2. The van der Waals surface area contributed by atoms with E-state index in [2.05, 4.69) is 9.71 Å². The van der Waals surface area contributed by atoms with E-state index in [-0.39, 0.29) is 42.9 Å². The Balaban J connectivity index is 0.00000387. The summed E-state index contributed by atoms with van der Waals surface area (Å²) in [6.07, 6.45) is 3.15. The van der Waals surface area contributed by atoms with Crippen LogP contribution in [0.4, 0.5) is 5.82 Å². The Kier molecular flexibility index (Phi) is 9.37. The zero-order chi connectivity index (χ0) is 28.4. The van der Waals surface area contributed by atoms with Gasteiger partial charge in [-0.25, -0.2) is 13.4 Å². The Morgan fingerprint density at radius 1 is 1.15 bits per heavy atom. The zero-order valence-electron chi connectivity index (χ0n) is 22.5. The van der Waals surface area contributed by atoms with Gasteiger partial charge in [0.25, 0.3) is 0 Å². The first kappa shape index (κ1) is 30.5. The maximum Gasteiger partial charge on any atom is 0.325 e. The number of fused-ring (bicyclic) bond motifs is 2. The second kappa shape index (κ2) is 12.6. The highest BCUT2D eigenvalue weighted by Gasteiger charge is 2.39. The van der Waals surface area contributed by atoms with Crippen LogP contribution >= 0.6 is 23.7 Å². The Hall–Kier alpha value is -3.45. The van der Waals surface area contributed by atoms with Gasteiger partial charge in [0.1, 0.15) is 24.2 Å². The van der Waals surface area contributed by atoms with E-state index in [1.54, 1.807) is 44.5 Å². The molecule has 1 unspecified atom stereocenters. The molecular formula is C28H31ClN4O6S2. The van der Waals surface area contributed by atoms with Crippen molar-refractivity contribution in [1.82, 2.24) is 14.6 Å². The highest BCUT2D eigenvalue weighted by Crippen LogP contribution is 2.32. The predicted molar refractivity (Wildman–Crippen MR) is 161 cm³/mol. The fraction of sp³-hybridized carbons (Fsp3) is 0.321. The maximum absolute atomic E-state index is 13.9. The van der Waals surface area contributed by atoms with Gasteiger partial charge in [-0.15, -0.1) is 23.7 Å². The van der Waals surface area contributed by atoms with Crippen molar-refractivity contribution in [1.29, 1.82) is 0 Å². The van der Waals surface area contributed by atoms with E-state index >= 15 is 0 Å². The molecule has 13 heteroatoms. The van der Waals surface area contributed by atoms with Gasteiger partial charge >= 0.3 is 5.97 Å². The number of hydrogen-bond donors (Lipinski definition) is 2. The number of anilines is 1. The minimum Gasteiger partial charge on any atom is -0.497 e. The smallest absolute Gasteiger partial charge is 0.325 e. The molecule has 4 aromatic rings. The summed E-state index contributed by atoms with van der Waals surface area (Å²) in [5, 5.41) is 2.27. The molecule has 218 valence electrons. The van der Waals surface area contributed by atoms with Gasteiger partial charge in [0.05, 0.1) is 18.6 Å². The van der Waals surface area contributed by atoms with Crippen LogP contribution in [-0.2, 0) is 30.8 Å². The minimum absolute atomic E-state index is 0. The number of pyridine rings is 1. The number of ether oxygens (including phenoxy) is 2. The summed E-state index contributed by atoms with van der Waals surface area (Å²) >= 11 is 1.41. The number of nitrogen functional groups attached to an aromatic ring is 1. The van der Waals surface area contributed by atoms with Crippen molar-refractivity contribution in [2.45, 2.75) is 43.2 Å². The third kappa shape index (κ3) is 6.89. The number of amides is 1. The fourth-order valence-corrected chi connectivity index (χ4v) is 6.92. The van der Waals surface area contributed by atoms with Crippen LogP contribution in [0.1, 0.15) is 24.6 Å². The quantitative estimate of drug-likeness (QED) is 0.241. The number of methoxy groups -OCH3 is 1. The number of carbonyl (C=O) groups excluding carboxylic acids is 2. The lowest BCUT2D eigenvalue weighted by molar-refractivity contribution is -0.149. The van der Waals surface area contributed by atoms with Crippen molar-refractivity contribution in [3.63, 3.8) is 0 Å². The lowest BCUT2D eigenvalue weighted by Crippen LogP contribution is -2.51. The summed E-state index contributed by atoms with van der Waals surface area (Å²) < 4.78 is 41.2. The number of halogens is 1. The fourth-order valence-electron chi connectivity index (χ4n) is 4.59. The van der Waals surface area contributed by atoms with Gasteiger partial charge in [-0.3, -0.25) is 9.59 Å². The summed E-state index contributed by atoms with van der Waals surface area (Å²) in [5.74, 6) is -0.0590. The summed E-state index contributed by atoms with van der Waals surface area (Å²) in [5.41, 5.74) is 6.03. The molecule has 1 amide bonds. The van der Waals surface area contributed by atoms with Crippen molar-refractivity contribution < 1.29 is 27.5 Å². The molecule has 5 rings (SSSR count). The van der Waals surface area contributed by atoms with E-state index in [1.807, 2.05) is 18.2 Å². The molecular weight excluding hydrogens is 588 g/mol. The number of esters is 1. The van der Waals surface area contributed by atoms with E-state index in [0.717, 1.165) is 33.2 Å². The maximum atomic E-state index is 13.9. The third-order valence-electron chi connectivity index (χ3n) is 6.73. The molecule has 1 saturated carbocycles. The normalized spacial score (nSPS) is 13.9. The molecule has 0 spiro atoms. The lowest BCUT2D eigenvalue weighted by Gasteiger charge is -2.27. The Morgan fingerprint density at radius 2 is 1.90 bits per heavy atom. The van der Waals surface area contributed by atoms with Gasteiger partial charge in [-0.05, 0) is 66.9 Å². The van der Waals surface area contributed by atoms with Crippen LogP contribution in [0.5, 0.6) is 5.75 Å². The first-order valence-corrected chi connectivity index (χ1v) is 15.2. The number of hydrogen-bond acceptors (Lipinski definition) is 9. The SMILES string of the molecule is CCOC(=O)CN(C(=O)C(Cc1cc2c(N)nccc2s1)NS(=O)(=O)c1ccc2ccc(OC)cc2c1)C1CC1.Cl. The molecule has 3 N–H and O–H groups in total. The highest BCUT2D eigenvalue weighted by atomic mass is 35.5. The van der Waals surface area contributed by atoms with Crippen LogP contribution in [0.3, 0.4) is 0 Å². The molecule has 1 aliphatic rings. The molecule has 0 radical (unpaired) electrons. The van der Waals surface area contributed by atoms with Crippen molar-refractivity contribution in [2.24, 2.45) is 0 Å². The summed E-state index contributed by atoms with van der Waals surface area (Å²) in [4.78, 5) is 32.5. The van der Waals surface area contributed by atoms with Crippen molar-refractivity contribution in [2.75, 3.05) is 26.0 Å². The second-order valence-corrected chi connectivity index (χ2v) is 12.5. The molecule has 2 aromatic heterocycles. The van der Waals surface area contributed by atoms with E-state index in [4.69, 9.17) is 15.2 Å². The largest absolute Gasteiger partial charge is 0.497 e. The summed E-state index contributed by atoms with van der Waals surface area (Å²) in [6.45, 7) is 1.64. The van der Waals surface area contributed by atoms with Crippen LogP contribution < -0.4 is 15.2 Å². The Morgan fingerprint density at radius 3 is 2.59 bits per heavy atom. The van der Waals surface area contributed by atoms with Gasteiger partial charge < -0.3 is 20.1 Å². The standard InChI is InChI=1S/C28H30N4O6S2.ClH/c1-3-38-26(33)16-32(19-6-7-19)28(34)24(15-21-14-23-25(39-21)10-11-30-27(23)29)31-40(35,36)22-9-5-17-4-8-20(37-2)12-18(17)13-22;/h4-5,8-14,19,24,31H,3,6-7,15-16H2,1-2H3,(H2,29,30);1H. The van der Waals surface area contributed by atoms with Crippen LogP contribution in [0, 0.1) is 0 Å². The second-order valence-electron chi connectivity index (χ2n) is 9.58. The van der Waals surface area contributed by atoms with Gasteiger partial charge in [0, 0.05) is 33.6 Å². The van der Waals surface area contributed by atoms with E-state index in [1.165, 1.54) is 22.3 Å². The number of thiophene rings is 1. The minimum atomic E-state index is -4.14. The van der Waals surface area contributed by atoms with Gasteiger partial charge in [0.15, 0.2) is 0 Å². The highest BCUT2D eigenvalue weighted by molar-refractivity contribution is 7.89. The summed E-state index contributed by atoms with van der Waals surface area (Å²) in [6, 6.07) is 12.5. The van der Waals surface area contributed by atoms with Crippen LogP contribution in [0.2, 0.25) is 0 Å². The van der Waals surface area contributed by atoms with Gasteiger partial charge in [-0.1, -0.05) is 12.1 Å². The monoisotopic (exact) mass is 618 g/mol. The van der Waals surface area contributed by atoms with Gasteiger partial charge in [0.2, 0.25) is 15.9 Å². The molecule has 0 bridgehead atoms. The van der Waals surface area contributed by atoms with Crippen molar-refractivity contribution in [3.8, 4) is 5.75 Å². The molecule has 1 fully saturated rings. The number of nitrogens with one attached hydrogen (secondary N) is 1. The number of sulfonamides is 1. The average molecular weight is 619 g/mol. The number of carbonyl (C=O) groups is 2. The van der Waals surface area contributed by atoms with E-state index in [9.17, 15) is 18.0 Å². The molecule has 1 atom stereocenters.